The number of rotatable bonds is 20. The molecule has 6 heteroatoms. The molecular weight excluding hydrogens is 438 g/mol. The summed E-state index contributed by atoms with van der Waals surface area (Å²) in [5.74, 6) is 0.236. The summed E-state index contributed by atoms with van der Waals surface area (Å²) in [5.41, 5.74) is -0.506. The van der Waals surface area contributed by atoms with Gasteiger partial charge in [-0.3, -0.25) is 14.4 Å². The van der Waals surface area contributed by atoms with Gasteiger partial charge in [-0.05, 0) is 46.5 Å². The number of Topliss-reactive ketones (excluding diaryl/α,β-unsaturated/α-hetero) is 1. The molecule has 0 rings (SSSR count). The molecule has 0 aromatic rings. The number of unbranched alkanes of at least 4 members (excludes halogenated alkanes) is 9. The highest BCUT2D eigenvalue weighted by atomic mass is 16.2. The van der Waals surface area contributed by atoms with E-state index < -0.39 is 0 Å². The lowest BCUT2D eigenvalue weighted by atomic mass is 9.84. The first kappa shape index (κ1) is 33.6. The van der Waals surface area contributed by atoms with Crippen molar-refractivity contribution in [2.45, 2.75) is 150 Å². The van der Waals surface area contributed by atoms with E-state index in [0.29, 0.717) is 25.9 Å². The molecule has 2 amide bonds. The van der Waals surface area contributed by atoms with Gasteiger partial charge >= 0.3 is 0 Å². The normalized spacial score (nSPS) is 12.9. The molecule has 0 saturated carbocycles. The van der Waals surface area contributed by atoms with Gasteiger partial charge in [0.25, 0.3) is 0 Å². The third kappa shape index (κ3) is 20.5. The van der Waals surface area contributed by atoms with Crippen molar-refractivity contribution in [3.63, 3.8) is 0 Å². The van der Waals surface area contributed by atoms with Gasteiger partial charge in [-0.2, -0.15) is 0 Å². The van der Waals surface area contributed by atoms with Gasteiger partial charge in [-0.1, -0.05) is 79.1 Å². The lowest BCUT2D eigenvalue weighted by Crippen LogP contribution is -2.50. The SMILES string of the molecule is CCCCCCCCCCCC(=O)NCCC(=O)NCCCC[C@H](NC(C)(C)C)C(=O)C(C)(C)C. The molecule has 3 N–H and O–H groups in total. The van der Waals surface area contributed by atoms with Crippen LogP contribution in [0.4, 0.5) is 0 Å². The highest BCUT2D eigenvalue weighted by molar-refractivity contribution is 5.88. The standard InChI is InChI=1S/C29H57N3O3/c1-8-9-10-11-12-13-14-15-16-20-25(33)31-23-21-26(34)30-22-18-17-19-24(32-29(5,6)7)27(35)28(2,3)4/h24,32H,8-23H2,1-7H3,(H,30,34)(H,31,33)/t24-/m0/s1. The average Bonchev–Trinajstić information content (AvgIpc) is 2.75. The van der Waals surface area contributed by atoms with E-state index in [1.54, 1.807) is 0 Å². The molecule has 6 nitrogen and oxygen atoms in total. The predicted octanol–water partition coefficient (Wildman–Crippen LogP) is 6.07. The maximum absolute atomic E-state index is 12.8. The molecule has 0 radical (unpaired) electrons. The van der Waals surface area contributed by atoms with Crippen LogP contribution in [-0.2, 0) is 14.4 Å². The summed E-state index contributed by atoms with van der Waals surface area (Å²) >= 11 is 0. The number of ketones is 1. The molecule has 0 aliphatic rings. The van der Waals surface area contributed by atoms with Crippen LogP contribution in [0.2, 0.25) is 0 Å². The molecule has 0 aliphatic carbocycles. The van der Waals surface area contributed by atoms with Crippen molar-refractivity contribution in [2.24, 2.45) is 5.41 Å². The number of carbonyl (C=O) groups is 3. The zero-order valence-corrected chi connectivity index (χ0v) is 24.1. The molecule has 0 aliphatic heterocycles. The smallest absolute Gasteiger partial charge is 0.221 e. The van der Waals surface area contributed by atoms with Gasteiger partial charge in [0.1, 0.15) is 0 Å². The van der Waals surface area contributed by atoms with Gasteiger partial charge < -0.3 is 16.0 Å². The zero-order valence-electron chi connectivity index (χ0n) is 24.1. The Morgan fingerprint density at radius 1 is 0.629 bits per heavy atom. The Hall–Kier alpha value is -1.43. The Balaban J connectivity index is 3.86. The van der Waals surface area contributed by atoms with Crippen molar-refractivity contribution in [3.8, 4) is 0 Å². The first-order chi connectivity index (χ1) is 16.4. The third-order valence-corrected chi connectivity index (χ3v) is 6.09. The number of carbonyl (C=O) groups excluding carboxylic acids is 3. The Labute approximate surface area is 216 Å². The molecule has 0 saturated heterocycles. The van der Waals surface area contributed by atoms with E-state index in [0.717, 1.165) is 32.1 Å². The van der Waals surface area contributed by atoms with Crippen LogP contribution in [0.25, 0.3) is 0 Å². The molecule has 0 heterocycles. The van der Waals surface area contributed by atoms with Crippen LogP contribution in [0.15, 0.2) is 0 Å². The minimum atomic E-state index is -0.380. The second-order valence-electron chi connectivity index (χ2n) is 12.1. The Morgan fingerprint density at radius 2 is 1.14 bits per heavy atom. The van der Waals surface area contributed by atoms with E-state index in [4.69, 9.17) is 0 Å². The average molecular weight is 496 g/mol. The number of amides is 2. The van der Waals surface area contributed by atoms with Crippen molar-refractivity contribution in [3.05, 3.63) is 0 Å². The molecule has 0 fully saturated rings. The summed E-state index contributed by atoms with van der Waals surface area (Å²) in [6.07, 6.45) is 14.4. The van der Waals surface area contributed by atoms with E-state index in [-0.39, 0.29) is 34.6 Å². The second kappa shape index (κ2) is 18.8. The Morgan fingerprint density at radius 3 is 1.69 bits per heavy atom. The zero-order chi connectivity index (χ0) is 26.7. The Kier molecular flexibility index (Phi) is 18.0. The number of hydrogen-bond donors (Lipinski definition) is 3. The van der Waals surface area contributed by atoms with Gasteiger partial charge in [0.15, 0.2) is 5.78 Å². The van der Waals surface area contributed by atoms with Gasteiger partial charge in [-0.15, -0.1) is 0 Å². The van der Waals surface area contributed by atoms with Crippen LogP contribution < -0.4 is 16.0 Å². The van der Waals surface area contributed by atoms with E-state index in [1.807, 2.05) is 20.8 Å². The summed E-state index contributed by atoms with van der Waals surface area (Å²) in [6, 6.07) is -0.174. The lowest BCUT2D eigenvalue weighted by molar-refractivity contribution is -0.129. The highest BCUT2D eigenvalue weighted by Crippen LogP contribution is 2.21. The van der Waals surface area contributed by atoms with Crippen molar-refractivity contribution in [1.82, 2.24) is 16.0 Å². The fourth-order valence-electron chi connectivity index (χ4n) is 4.10. The summed E-state index contributed by atoms with van der Waals surface area (Å²) in [6.45, 7) is 15.3. The summed E-state index contributed by atoms with van der Waals surface area (Å²) in [5, 5.41) is 9.24. The lowest BCUT2D eigenvalue weighted by Gasteiger charge is -2.31. The van der Waals surface area contributed by atoms with Gasteiger partial charge in [-0.25, -0.2) is 0 Å². The monoisotopic (exact) mass is 495 g/mol. The van der Waals surface area contributed by atoms with E-state index in [1.165, 1.54) is 44.9 Å². The van der Waals surface area contributed by atoms with Crippen molar-refractivity contribution >= 4 is 17.6 Å². The summed E-state index contributed by atoms with van der Waals surface area (Å²) < 4.78 is 0. The van der Waals surface area contributed by atoms with Crippen LogP contribution >= 0.6 is 0 Å². The third-order valence-electron chi connectivity index (χ3n) is 6.09. The van der Waals surface area contributed by atoms with Gasteiger partial charge in [0.2, 0.25) is 11.8 Å². The number of nitrogens with one attached hydrogen (secondary N) is 3. The van der Waals surface area contributed by atoms with Crippen LogP contribution in [-0.4, -0.2) is 42.3 Å². The molecule has 35 heavy (non-hydrogen) atoms. The van der Waals surface area contributed by atoms with E-state index in [2.05, 4.69) is 43.6 Å². The largest absolute Gasteiger partial charge is 0.356 e. The fraction of sp³-hybridized carbons (Fsp3) is 0.897. The molecule has 1 atom stereocenters. The summed E-state index contributed by atoms with van der Waals surface area (Å²) in [4.78, 5) is 36.8. The molecule has 0 spiro atoms. The topological polar surface area (TPSA) is 87.3 Å². The van der Waals surface area contributed by atoms with Crippen molar-refractivity contribution in [1.29, 1.82) is 0 Å². The maximum atomic E-state index is 12.8. The first-order valence-corrected chi connectivity index (χ1v) is 14.2. The second-order valence-corrected chi connectivity index (χ2v) is 12.1. The maximum Gasteiger partial charge on any atom is 0.221 e. The summed E-state index contributed by atoms with van der Waals surface area (Å²) in [7, 11) is 0. The van der Waals surface area contributed by atoms with Crippen LogP contribution in [0.5, 0.6) is 0 Å². The van der Waals surface area contributed by atoms with Crippen LogP contribution in [0.3, 0.4) is 0 Å². The number of hydrogen-bond acceptors (Lipinski definition) is 4. The van der Waals surface area contributed by atoms with Crippen LogP contribution in [0.1, 0.15) is 138 Å². The minimum absolute atomic E-state index is 0.0384. The molecule has 206 valence electrons. The quantitative estimate of drug-likeness (QED) is 0.179. The molecule has 0 bridgehead atoms. The Bertz CT molecular complexity index is 591. The van der Waals surface area contributed by atoms with Gasteiger partial charge in [0, 0.05) is 36.9 Å². The molecule has 0 unspecified atom stereocenters. The fourth-order valence-corrected chi connectivity index (χ4v) is 4.10. The minimum Gasteiger partial charge on any atom is -0.356 e. The molecule has 0 aromatic carbocycles. The van der Waals surface area contributed by atoms with Crippen molar-refractivity contribution in [2.75, 3.05) is 13.1 Å². The highest BCUT2D eigenvalue weighted by Gasteiger charge is 2.31. The first-order valence-electron chi connectivity index (χ1n) is 14.2. The van der Waals surface area contributed by atoms with E-state index in [9.17, 15) is 14.4 Å². The predicted molar refractivity (Wildman–Crippen MR) is 147 cm³/mol. The van der Waals surface area contributed by atoms with Gasteiger partial charge in [0.05, 0.1) is 6.04 Å². The van der Waals surface area contributed by atoms with E-state index >= 15 is 0 Å². The van der Waals surface area contributed by atoms with Crippen LogP contribution in [0, 0.1) is 5.41 Å². The molecule has 0 aromatic heterocycles. The molecular formula is C29H57N3O3. The van der Waals surface area contributed by atoms with Crippen molar-refractivity contribution < 1.29 is 14.4 Å².